The van der Waals surface area contributed by atoms with E-state index < -0.39 is 0 Å². The Labute approximate surface area is 161 Å². The smallest absolute Gasteiger partial charge is 0.410 e. The maximum atomic E-state index is 12.2. The van der Waals surface area contributed by atoms with Crippen LogP contribution in [0.5, 0.6) is 0 Å². The van der Waals surface area contributed by atoms with Gasteiger partial charge in [-0.2, -0.15) is 5.10 Å². The average molecular weight is 382 g/mol. The molecule has 1 amide bonds. The number of aryl methyl sites for hydroxylation is 1. The van der Waals surface area contributed by atoms with E-state index in [0.29, 0.717) is 26.3 Å². The quantitative estimate of drug-likeness (QED) is 0.718. The Morgan fingerprint density at radius 2 is 2.11 bits per heavy atom. The van der Waals surface area contributed by atoms with Gasteiger partial charge in [-0.15, -0.1) is 0 Å². The Hall–Kier alpha value is -3.07. The molecule has 5 rings (SSSR count). The topological polar surface area (TPSA) is 99.4 Å². The molecule has 2 saturated heterocycles. The second-order valence-electron chi connectivity index (χ2n) is 7.20. The molecule has 146 valence electrons. The lowest BCUT2D eigenvalue weighted by atomic mass is 10.1. The molecule has 0 unspecified atom stereocenters. The zero-order chi connectivity index (χ0) is 19.1. The highest BCUT2D eigenvalue weighted by molar-refractivity contribution is 5.94. The molecule has 9 nitrogen and oxygen atoms in total. The fraction of sp³-hybridized carbons (Fsp3) is 0.421. The second-order valence-corrected chi connectivity index (χ2v) is 7.20. The third kappa shape index (κ3) is 2.97. The normalized spacial score (nSPS) is 17.8. The van der Waals surface area contributed by atoms with E-state index in [4.69, 9.17) is 9.47 Å². The van der Waals surface area contributed by atoms with Gasteiger partial charge in [0.25, 0.3) is 0 Å². The zero-order valence-electron chi connectivity index (χ0n) is 15.6. The fourth-order valence-electron chi connectivity index (χ4n) is 3.69. The van der Waals surface area contributed by atoms with Gasteiger partial charge < -0.3 is 24.3 Å². The number of ether oxygens (including phenoxy) is 2. The molecule has 0 radical (unpaired) electrons. The first kappa shape index (κ1) is 17.1. The van der Waals surface area contributed by atoms with E-state index in [-0.39, 0.29) is 12.2 Å². The van der Waals surface area contributed by atoms with Crippen LogP contribution in [0.3, 0.4) is 0 Å². The lowest BCUT2D eigenvalue weighted by molar-refractivity contribution is -0.104. The van der Waals surface area contributed by atoms with Gasteiger partial charge in [0, 0.05) is 54.7 Å². The summed E-state index contributed by atoms with van der Waals surface area (Å²) in [7, 11) is 0. The van der Waals surface area contributed by atoms with E-state index in [9.17, 15) is 4.79 Å². The van der Waals surface area contributed by atoms with Crippen molar-refractivity contribution < 1.29 is 14.3 Å². The highest BCUT2D eigenvalue weighted by atomic mass is 16.6. The number of amides is 1. The molecule has 3 aromatic rings. The number of rotatable bonds is 3. The average Bonchev–Trinajstić information content (AvgIpc) is 3.30. The Morgan fingerprint density at radius 3 is 2.79 bits per heavy atom. The summed E-state index contributed by atoms with van der Waals surface area (Å²) in [5.41, 5.74) is 5.01. The van der Waals surface area contributed by atoms with Crippen molar-refractivity contribution in [1.29, 1.82) is 0 Å². The number of hydrogen-bond donors (Lipinski definition) is 2. The summed E-state index contributed by atoms with van der Waals surface area (Å²) in [6.07, 6.45) is 3.30. The zero-order valence-corrected chi connectivity index (χ0v) is 15.6. The Kier molecular flexibility index (Phi) is 4.16. The van der Waals surface area contributed by atoms with Crippen LogP contribution >= 0.6 is 0 Å². The predicted octanol–water partition coefficient (Wildman–Crippen LogP) is 1.92. The minimum atomic E-state index is -0.243. The Bertz CT molecular complexity index is 1000. The van der Waals surface area contributed by atoms with Gasteiger partial charge in [-0.1, -0.05) is 0 Å². The van der Waals surface area contributed by atoms with Crippen LogP contribution in [0.15, 0.2) is 24.5 Å². The number of pyridine rings is 1. The second kappa shape index (κ2) is 6.83. The number of carbonyl (C=O) groups excluding carboxylic acids is 1. The van der Waals surface area contributed by atoms with Crippen molar-refractivity contribution in [1.82, 2.24) is 25.1 Å². The minimum absolute atomic E-state index is 0.0880. The Balaban J connectivity index is 1.33. The molecule has 0 bridgehead atoms. The maximum absolute atomic E-state index is 12.2. The summed E-state index contributed by atoms with van der Waals surface area (Å²) in [5, 5.41) is 8.14. The third-order valence-corrected chi connectivity index (χ3v) is 5.38. The molecule has 3 aromatic heterocycles. The van der Waals surface area contributed by atoms with Crippen LogP contribution in [0.1, 0.15) is 5.69 Å². The van der Waals surface area contributed by atoms with Crippen LogP contribution in [-0.2, 0) is 9.47 Å². The van der Waals surface area contributed by atoms with Gasteiger partial charge in [0.1, 0.15) is 5.65 Å². The standard InChI is InChI=1S/C19H22N6O3/c1-12-15(9-21-23-12)16-8-14-17(2-3-20-18(14)22-16)24-4-6-25(7-5-24)19(26)28-13-10-27-11-13/h2-3,8-9,13H,4-7,10-11H2,1H3,(H,20,22)(H,21,23). The number of anilines is 1. The number of piperazine rings is 1. The summed E-state index contributed by atoms with van der Waals surface area (Å²) < 4.78 is 10.5. The van der Waals surface area contributed by atoms with E-state index in [1.54, 1.807) is 4.90 Å². The number of nitrogens with one attached hydrogen (secondary N) is 2. The van der Waals surface area contributed by atoms with Gasteiger partial charge in [-0.3, -0.25) is 5.10 Å². The SMILES string of the molecule is Cc1[nH]ncc1-c1cc2c(N3CCN(C(=O)OC4COC4)CC3)ccnc2[nH]1. The van der Waals surface area contributed by atoms with E-state index in [1.807, 2.05) is 25.4 Å². The number of aromatic nitrogens is 4. The summed E-state index contributed by atoms with van der Waals surface area (Å²) >= 11 is 0. The van der Waals surface area contributed by atoms with Crippen molar-refractivity contribution in [3.05, 3.63) is 30.2 Å². The van der Waals surface area contributed by atoms with E-state index in [1.165, 1.54) is 0 Å². The fourth-order valence-corrected chi connectivity index (χ4v) is 3.69. The maximum Gasteiger partial charge on any atom is 0.410 e. The number of carbonyl (C=O) groups is 1. The molecule has 5 heterocycles. The van der Waals surface area contributed by atoms with Crippen molar-refractivity contribution in [3.63, 3.8) is 0 Å². The van der Waals surface area contributed by atoms with Crippen molar-refractivity contribution in [2.75, 3.05) is 44.3 Å². The van der Waals surface area contributed by atoms with Crippen LogP contribution in [0.2, 0.25) is 0 Å². The van der Waals surface area contributed by atoms with Crippen LogP contribution < -0.4 is 4.90 Å². The van der Waals surface area contributed by atoms with Crippen molar-refractivity contribution in [3.8, 4) is 11.3 Å². The first-order valence-corrected chi connectivity index (χ1v) is 9.45. The monoisotopic (exact) mass is 382 g/mol. The minimum Gasteiger partial charge on any atom is -0.441 e. The molecule has 2 fully saturated rings. The molecular formula is C19H22N6O3. The largest absolute Gasteiger partial charge is 0.441 e. The van der Waals surface area contributed by atoms with Crippen molar-refractivity contribution in [2.24, 2.45) is 0 Å². The number of fused-ring (bicyclic) bond motifs is 1. The summed E-state index contributed by atoms with van der Waals surface area (Å²) in [5.74, 6) is 0. The molecule has 2 N–H and O–H groups in total. The highest BCUT2D eigenvalue weighted by Crippen LogP contribution is 2.31. The van der Waals surface area contributed by atoms with E-state index in [0.717, 1.165) is 46.8 Å². The molecule has 0 spiro atoms. The molecular weight excluding hydrogens is 360 g/mol. The predicted molar refractivity (Wildman–Crippen MR) is 103 cm³/mol. The Morgan fingerprint density at radius 1 is 1.29 bits per heavy atom. The summed E-state index contributed by atoms with van der Waals surface area (Å²) in [4.78, 5) is 24.2. The number of aromatic amines is 2. The molecule has 0 aromatic carbocycles. The third-order valence-electron chi connectivity index (χ3n) is 5.38. The van der Waals surface area contributed by atoms with Crippen LogP contribution in [0.25, 0.3) is 22.3 Å². The highest BCUT2D eigenvalue weighted by Gasteiger charge is 2.28. The van der Waals surface area contributed by atoms with Crippen LogP contribution in [0.4, 0.5) is 10.5 Å². The summed E-state index contributed by atoms with van der Waals surface area (Å²) in [6, 6.07) is 4.15. The lowest BCUT2D eigenvalue weighted by Crippen LogP contribution is -2.51. The number of H-pyrrole nitrogens is 2. The van der Waals surface area contributed by atoms with Gasteiger partial charge in [0.2, 0.25) is 0 Å². The molecule has 28 heavy (non-hydrogen) atoms. The van der Waals surface area contributed by atoms with Crippen LogP contribution in [-0.4, -0.2) is 76.7 Å². The van der Waals surface area contributed by atoms with Gasteiger partial charge in [-0.25, -0.2) is 9.78 Å². The van der Waals surface area contributed by atoms with Gasteiger partial charge in [0.05, 0.1) is 25.1 Å². The van der Waals surface area contributed by atoms with Gasteiger partial charge in [0.15, 0.2) is 6.10 Å². The van der Waals surface area contributed by atoms with Crippen molar-refractivity contribution >= 4 is 22.8 Å². The molecule has 9 heteroatoms. The molecule has 0 aliphatic carbocycles. The van der Waals surface area contributed by atoms with E-state index in [2.05, 4.69) is 31.1 Å². The first-order chi connectivity index (χ1) is 13.7. The lowest BCUT2D eigenvalue weighted by Gasteiger charge is -2.37. The summed E-state index contributed by atoms with van der Waals surface area (Å²) in [6.45, 7) is 5.78. The van der Waals surface area contributed by atoms with Gasteiger partial charge >= 0.3 is 6.09 Å². The van der Waals surface area contributed by atoms with Crippen LogP contribution in [0, 0.1) is 6.92 Å². The molecule has 0 saturated carbocycles. The van der Waals surface area contributed by atoms with E-state index >= 15 is 0 Å². The molecule has 0 atom stereocenters. The molecule has 2 aliphatic rings. The first-order valence-electron chi connectivity index (χ1n) is 9.45. The number of hydrogen-bond acceptors (Lipinski definition) is 6. The van der Waals surface area contributed by atoms with Gasteiger partial charge in [-0.05, 0) is 19.1 Å². The number of nitrogens with zero attached hydrogens (tertiary/aromatic N) is 4. The van der Waals surface area contributed by atoms with Crippen molar-refractivity contribution in [2.45, 2.75) is 13.0 Å². The molecule has 2 aliphatic heterocycles.